The molecule has 102 valence electrons. The van der Waals surface area contributed by atoms with Crippen LogP contribution >= 0.6 is 11.6 Å². The Morgan fingerprint density at radius 3 is 2.67 bits per heavy atom. The van der Waals surface area contributed by atoms with E-state index in [1.807, 2.05) is 42.5 Å². The molecule has 2 N–H and O–H groups in total. The quantitative estimate of drug-likeness (QED) is 0.509. The fraction of sp³-hybridized carbons (Fsp3) is 0. The molecule has 4 rings (SSSR count). The molecule has 0 aliphatic rings. The van der Waals surface area contributed by atoms with Gasteiger partial charge in [0, 0.05) is 21.7 Å². The smallest absolute Gasteiger partial charge is 0.227 e. The highest BCUT2D eigenvalue weighted by Gasteiger charge is 2.12. The molecule has 0 aliphatic heterocycles. The van der Waals surface area contributed by atoms with Crippen molar-refractivity contribution in [3.8, 4) is 11.5 Å². The molecule has 0 aliphatic carbocycles. The molecule has 1 aromatic heterocycles. The van der Waals surface area contributed by atoms with Crippen LogP contribution in [0.5, 0.6) is 0 Å². The number of fused-ring (bicyclic) bond motifs is 2. The number of aromatic nitrogens is 1. The van der Waals surface area contributed by atoms with Crippen LogP contribution in [0, 0.1) is 0 Å². The number of benzene rings is 3. The van der Waals surface area contributed by atoms with E-state index in [1.165, 1.54) is 0 Å². The lowest BCUT2D eigenvalue weighted by molar-refractivity contribution is 0.620. The third kappa shape index (κ3) is 1.94. The maximum Gasteiger partial charge on any atom is 0.227 e. The summed E-state index contributed by atoms with van der Waals surface area (Å²) in [5.41, 5.74) is 8.85. The van der Waals surface area contributed by atoms with Gasteiger partial charge in [0.15, 0.2) is 5.58 Å². The predicted molar refractivity (Wildman–Crippen MR) is 86.4 cm³/mol. The van der Waals surface area contributed by atoms with Crippen molar-refractivity contribution in [3.05, 3.63) is 59.6 Å². The minimum absolute atomic E-state index is 0.573. The molecule has 0 bridgehead atoms. The second-order valence-corrected chi connectivity index (χ2v) is 5.29. The number of rotatable bonds is 1. The SMILES string of the molecule is Nc1ccc2oc(-c3cccc4c(Cl)cccc34)nc2c1. The predicted octanol–water partition coefficient (Wildman–Crippen LogP) is 4.88. The van der Waals surface area contributed by atoms with E-state index in [9.17, 15) is 0 Å². The summed E-state index contributed by atoms with van der Waals surface area (Å²) in [5, 5.41) is 2.72. The average Bonchev–Trinajstić information content (AvgIpc) is 2.90. The second kappa shape index (κ2) is 4.50. The molecular weight excluding hydrogens is 284 g/mol. The van der Waals surface area contributed by atoms with E-state index >= 15 is 0 Å². The Morgan fingerprint density at radius 1 is 0.952 bits per heavy atom. The van der Waals surface area contributed by atoms with Gasteiger partial charge < -0.3 is 10.2 Å². The summed E-state index contributed by atoms with van der Waals surface area (Å²) in [5.74, 6) is 0.573. The van der Waals surface area contributed by atoms with Crippen molar-refractivity contribution in [2.75, 3.05) is 5.73 Å². The van der Waals surface area contributed by atoms with E-state index in [-0.39, 0.29) is 0 Å². The van der Waals surface area contributed by atoms with Gasteiger partial charge >= 0.3 is 0 Å². The highest BCUT2D eigenvalue weighted by Crippen LogP contribution is 2.33. The standard InChI is InChI=1S/C17H11ClN2O/c18-14-6-2-3-11-12(14)4-1-5-13(11)17-20-15-9-10(19)7-8-16(15)21-17/h1-9H,19H2. The number of anilines is 1. The Bertz CT molecular complexity index is 975. The number of nitrogens with zero attached hydrogens (tertiary/aromatic N) is 1. The largest absolute Gasteiger partial charge is 0.436 e. The first kappa shape index (κ1) is 12.2. The molecular formula is C17H11ClN2O. The molecule has 0 spiro atoms. The number of hydrogen-bond acceptors (Lipinski definition) is 3. The molecule has 0 amide bonds. The van der Waals surface area contributed by atoms with Crippen molar-refractivity contribution >= 4 is 39.2 Å². The second-order valence-electron chi connectivity index (χ2n) is 4.89. The van der Waals surface area contributed by atoms with Crippen LogP contribution in [0.1, 0.15) is 0 Å². The molecule has 1 heterocycles. The van der Waals surface area contributed by atoms with Gasteiger partial charge in [-0.3, -0.25) is 0 Å². The van der Waals surface area contributed by atoms with Crippen molar-refractivity contribution in [3.63, 3.8) is 0 Å². The fourth-order valence-electron chi connectivity index (χ4n) is 2.52. The summed E-state index contributed by atoms with van der Waals surface area (Å²) in [7, 11) is 0. The first-order chi connectivity index (χ1) is 10.2. The number of nitrogen functional groups attached to an aromatic ring is 1. The van der Waals surface area contributed by atoms with Gasteiger partial charge in [-0.2, -0.15) is 0 Å². The normalized spacial score (nSPS) is 11.3. The average molecular weight is 295 g/mol. The molecule has 0 atom stereocenters. The molecule has 4 heteroatoms. The van der Waals surface area contributed by atoms with Crippen LogP contribution in [-0.2, 0) is 0 Å². The van der Waals surface area contributed by atoms with Gasteiger partial charge in [0.25, 0.3) is 0 Å². The Hall–Kier alpha value is -2.52. The topological polar surface area (TPSA) is 52.0 Å². The molecule has 3 aromatic carbocycles. The third-order valence-corrected chi connectivity index (χ3v) is 3.84. The van der Waals surface area contributed by atoms with E-state index in [2.05, 4.69) is 4.98 Å². The van der Waals surface area contributed by atoms with Crippen LogP contribution in [0.15, 0.2) is 59.0 Å². The summed E-state index contributed by atoms with van der Waals surface area (Å²) in [6.45, 7) is 0. The Kier molecular flexibility index (Phi) is 2.62. The first-order valence-electron chi connectivity index (χ1n) is 6.56. The van der Waals surface area contributed by atoms with Crippen LogP contribution < -0.4 is 5.73 Å². The van der Waals surface area contributed by atoms with Crippen molar-refractivity contribution in [1.29, 1.82) is 0 Å². The minimum atomic E-state index is 0.573. The van der Waals surface area contributed by atoms with E-state index in [0.29, 0.717) is 11.6 Å². The van der Waals surface area contributed by atoms with Crippen molar-refractivity contribution in [2.45, 2.75) is 0 Å². The number of halogens is 1. The van der Waals surface area contributed by atoms with Gasteiger partial charge in [0.2, 0.25) is 5.89 Å². The fourth-order valence-corrected chi connectivity index (χ4v) is 2.76. The number of nitrogens with two attached hydrogens (primary N) is 1. The first-order valence-corrected chi connectivity index (χ1v) is 6.94. The van der Waals surface area contributed by atoms with Crippen molar-refractivity contribution in [1.82, 2.24) is 4.98 Å². The zero-order valence-corrected chi connectivity index (χ0v) is 11.8. The monoisotopic (exact) mass is 294 g/mol. The highest BCUT2D eigenvalue weighted by atomic mass is 35.5. The van der Waals surface area contributed by atoms with Gasteiger partial charge in [-0.1, -0.05) is 35.9 Å². The van der Waals surface area contributed by atoms with Gasteiger partial charge in [0.05, 0.1) is 0 Å². The minimum Gasteiger partial charge on any atom is -0.436 e. The molecule has 0 saturated carbocycles. The molecule has 4 aromatic rings. The molecule has 21 heavy (non-hydrogen) atoms. The van der Waals surface area contributed by atoms with Gasteiger partial charge in [-0.05, 0) is 35.7 Å². The Balaban J connectivity index is 2.02. The molecule has 3 nitrogen and oxygen atoms in total. The van der Waals surface area contributed by atoms with Gasteiger partial charge in [-0.15, -0.1) is 0 Å². The van der Waals surface area contributed by atoms with Crippen molar-refractivity contribution < 1.29 is 4.42 Å². The maximum atomic E-state index is 6.25. The number of oxazole rings is 1. The van der Waals surface area contributed by atoms with Crippen LogP contribution in [0.25, 0.3) is 33.3 Å². The van der Waals surface area contributed by atoms with Gasteiger partial charge in [-0.25, -0.2) is 4.98 Å². The summed E-state index contributed by atoms with van der Waals surface area (Å²) < 4.78 is 5.85. The van der Waals surface area contributed by atoms with E-state index < -0.39 is 0 Å². The van der Waals surface area contributed by atoms with Crippen LogP contribution in [0.3, 0.4) is 0 Å². The summed E-state index contributed by atoms with van der Waals surface area (Å²) in [6, 6.07) is 17.2. The van der Waals surface area contributed by atoms with E-state index in [1.54, 1.807) is 12.1 Å². The van der Waals surface area contributed by atoms with Crippen LogP contribution in [0.2, 0.25) is 5.02 Å². The summed E-state index contributed by atoms with van der Waals surface area (Å²) in [4.78, 5) is 4.53. The molecule has 0 fully saturated rings. The Morgan fingerprint density at radius 2 is 1.76 bits per heavy atom. The summed E-state index contributed by atoms with van der Waals surface area (Å²) >= 11 is 6.25. The Labute approximate surface area is 126 Å². The lowest BCUT2D eigenvalue weighted by atomic mass is 10.0. The zero-order valence-electron chi connectivity index (χ0n) is 11.0. The molecule has 0 radical (unpaired) electrons. The third-order valence-electron chi connectivity index (χ3n) is 3.51. The maximum absolute atomic E-state index is 6.25. The van der Waals surface area contributed by atoms with Gasteiger partial charge in [0.1, 0.15) is 5.52 Å². The molecule has 0 saturated heterocycles. The van der Waals surface area contributed by atoms with E-state index in [4.69, 9.17) is 21.8 Å². The molecule has 0 unspecified atom stereocenters. The zero-order chi connectivity index (χ0) is 14.4. The summed E-state index contributed by atoms with van der Waals surface area (Å²) in [6.07, 6.45) is 0. The lowest BCUT2D eigenvalue weighted by Crippen LogP contribution is -1.83. The van der Waals surface area contributed by atoms with E-state index in [0.717, 1.165) is 32.5 Å². The van der Waals surface area contributed by atoms with Crippen LogP contribution in [-0.4, -0.2) is 4.98 Å². The number of hydrogen-bond donors (Lipinski definition) is 1. The van der Waals surface area contributed by atoms with Crippen molar-refractivity contribution in [2.24, 2.45) is 0 Å². The lowest BCUT2D eigenvalue weighted by Gasteiger charge is -2.04. The highest BCUT2D eigenvalue weighted by molar-refractivity contribution is 6.35. The van der Waals surface area contributed by atoms with Crippen LogP contribution in [0.4, 0.5) is 5.69 Å².